The molecule has 1 atom stereocenters. The second kappa shape index (κ2) is 4.41. The molecule has 0 bridgehead atoms. The van der Waals surface area contributed by atoms with Crippen LogP contribution in [0.25, 0.3) is 0 Å². The topological polar surface area (TPSA) is 41.5 Å². The summed E-state index contributed by atoms with van der Waals surface area (Å²) in [4.78, 5) is 0. The average molecular weight is 272 g/mol. The van der Waals surface area contributed by atoms with Crippen molar-refractivity contribution >= 4 is 15.9 Å². The average Bonchev–Trinajstić information content (AvgIpc) is 2.75. The summed E-state index contributed by atoms with van der Waals surface area (Å²) in [5.41, 5.74) is 1.09. The Morgan fingerprint density at radius 3 is 2.93 bits per heavy atom. The van der Waals surface area contributed by atoms with E-state index in [9.17, 15) is 5.11 Å². The second-order valence-electron chi connectivity index (χ2n) is 3.71. The molecule has 1 unspecified atom stereocenters. The quantitative estimate of drug-likeness (QED) is 0.869. The van der Waals surface area contributed by atoms with E-state index >= 15 is 0 Å². The molecule has 2 rings (SSSR count). The first-order chi connectivity index (χ1) is 7.22. The summed E-state index contributed by atoms with van der Waals surface area (Å²) >= 11 is 3.29. The smallest absolute Gasteiger partial charge is 0.137 e. The molecule has 0 amide bonds. The van der Waals surface area contributed by atoms with Crippen molar-refractivity contribution in [1.29, 1.82) is 0 Å². The maximum Gasteiger partial charge on any atom is 0.137 e. The first-order valence-corrected chi connectivity index (χ1v) is 5.81. The van der Waals surface area contributed by atoms with Crippen molar-refractivity contribution in [2.75, 3.05) is 13.7 Å². The minimum absolute atomic E-state index is 0.234. The van der Waals surface area contributed by atoms with E-state index in [0.29, 0.717) is 16.3 Å². The summed E-state index contributed by atoms with van der Waals surface area (Å²) in [5, 5.41) is 13.1. The van der Waals surface area contributed by atoms with Crippen LogP contribution < -0.4 is 10.1 Å². The van der Waals surface area contributed by atoms with E-state index in [4.69, 9.17) is 4.74 Å². The SMILES string of the molecule is COc1cc(C2CCCN2)cc(O)c1Br. The zero-order valence-corrected chi connectivity index (χ0v) is 10.2. The van der Waals surface area contributed by atoms with Gasteiger partial charge in [0.15, 0.2) is 0 Å². The van der Waals surface area contributed by atoms with E-state index in [1.807, 2.05) is 6.07 Å². The largest absolute Gasteiger partial charge is 0.507 e. The number of hydrogen-bond acceptors (Lipinski definition) is 3. The van der Waals surface area contributed by atoms with Gasteiger partial charge in [0.25, 0.3) is 0 Å². The summed E-state index contributed by atoms with van der Waals surface area (Å²) in [5.74, 6) is 0.914. The lowest BCUT2D eigenvalue weighted by molar-refractivity contribution is 0.401. The van der Waals surface area contributed by atoms with E-state index in [2.05, 4.69) is 21.2 Å². The highest BCUT2D eigenvalue weighted by Gasteiger charge is 2.19. The van der Waals surface area contributed by atoms with Crippen molar-refractivity contribution in [3.8, 4) is 11.5 Å². The zero-order valence-electron chi connectivity index (χ0n) is 8.59. The number of hydrogen-bond donors (Lipinski definition) is 2. The molecule has 82 valence electrons. The van der Waals surface area contributed by atoms with Crippen LogP contribution in [0.5, 0.6) is 11.5 Å². The van der Waals surface area contributed by atoms with Crippen molar-refractivity contribution in [1.82, 2.24) is 5.32 Å². The normalized spacial score (nSPS) is 20.5. The van der Waals surface area contributed by atoms with Crippen LogP contribution in [-0.4, -0.2) is 18.8 Å². The molecule has 0 saturated carbocycles. The molecule has 2 N–H and O–H groups in total. The van der Waals surface area contributed by atoms with Crippen LogP contribution in [0.2, 0.25) is 0 Å². The van der Waals surface area contributed by atoms with Crippen LogP contribution in [0.1, 0.15) is 24.4 Å². The Morgan fingerprint density at radius 2 is 2.33 bits per heavy atom. The third kappa shape index (κ3) is 2.11. The standard InChI is InChI=1S/C11H14BrNO2/c1-15-10-6-7(5-9(14)11(10)12)8-3-2-4-13-8/h5-6,8,13-14H,2-4H2,1H3. The molecular weight excluding hydrogens is 258 g/mol. The predicted octanol–water partition coefficient (Wildman–Crippen LogP) is 2.59. The molecule has 0 aliphatic carbocycles. The van der Waals surface area contributed by atoms with Gasteiger partial charge in [0.2, 0.25) is 0 Å². The Kier molecular flexibility index (Phi) is 3.17. The molecule has 1 fully saturated rings. The number of phenols is 1. The number of halogens is 1. The van der Waals surface area contributed by atoms with Crippen LogP contribution in [0.15, 0.2) is 16.6 Å². The number of nitrogens with one attached hydrogen (secondary N) is 1. The number of benzene rings is 1. The minimum atomic E-state index is 0.234. The summed E-state index contributed by atoms with van der Waals surface area (Å²) in [7, 11) is 1.60. The zero-order chi connectivity index (χ0) is 10.8. The molecule has 1 aromatic carbocycles. The van der Waals surface area contributed by atoms with Crippen LogP contribution in [0.4, 0.5) is 0 Å². The summed E-state index contributed by atoms with van der Waals surface area (Å²) < 4.78 is 5.81. The third-order valence-corrected chi connectivity index (χ3v) is 3.52. The van der Waals surface area contributed by atoms with E-state index in [1.165, 1.54) is 6.42 Å². The van der Waals surface area contributed by atoms with Gasteiger partial charge in [-0.25, -0.2) is 0 Å². The highest BCUT2D eigenvalue weighted by molar-refractivity contribution is 9.10. The van der Waals surface area contributed by atoms with Crippen LogP contribution in [-0.2, 0) is 0 Å². The van der Waals surface area contributed by atoms with E-state index in [0.717, 1.165) is 18.5 Å². The van der Waals surface area contributed by atoms with Crippen molar-refractivity contribution < 1.29 is 9.84 Å². The third-order valence-electron chi connectivity index (χ3n) is 2.72. The maximum absolute atomic E-state index is 9.72. The van der Waals surface area contributed by atoms with E-state index in [-0.39, 0.29) is 5.75 Å². The van der Waals surface area contributed by atoms with Gasteiger partial charge in [-0.05, 0) is 53.0 Å². The number of phenolic OH excluding ortho intramolecular Hbond substituents is 1. The molecule has 3 nitrogen and oxygen atoms in total. The van der Waals surface area contributed by atoms with Gasteiger partial charge in [-0.2, -0.15) is 0 Å². The molecule has 1 aliphatic rings. The highest BCUT2D eigenvalue weighted by Crippen LogP contribution is 2.37. The monoisotopic (exact) mass is 271 g/mol. The molecule has 0 radical (unpaired) electrons. The molecule has 1 heterocycles. The lowest BCUT2D eigenvalue weighted by Gasteiger charge is -2.14. The van der Waals surface area contributed by atoms with Gasteiger partial charge in [-0.3, -0.25) is 0 Å². The fourth-order valence-electron chi connectivity index (χ4n) is 1.92. The van der Waals surface area contributed by atoms with Gasteiger partial charge < -0.3 is 15.2 Å². The van der Waals surface area contributed by atoms with Gasteiger partial charge in [0, 0.05) is 6.04 Å². The number of ether oxygens (including phenoxy) is 1. The Morgan fingerprint density at radius 1 is 1.53 bits per heavy atom. The number of rotatable bonds is 2. The van der Waals surface area contributed by atoms with Crippen LogP contribution >= 0.6 is 15.9 Å². The highest BCUT2D eigenvalue weighted by atomic mass is 79.9. The molecule has 15 heavy (non-hydrogen) atoms. The van der Waals surface area contributed by atoms with E-state index < -0.39 is 0 Å². The van der Waals surface area contributed by atoms with Crippen molar-refractivity contribution in [2.45, 2.75) is 18.9 Å². The first-order valence-electron chi connectivity index (χ1n) is 5.02. The fourth-order valence-corrected chi connectivity index (χ4v) is 2.31. The molecule has 1 aromatic rings. The molecule has 0 aromatic heterocycles. The van der Waals surface area contributed by atoms with Crippen molar-refractivity contribution in [2.24, 2.45) is 0 Å². The molecule has 1 saturated heterocycles. The summed E-state index contributed by atoms with van der Waals surface area (Å²) in [6.07, 6.45) is 2.30. The lowest BCUT2D eigenvalue weighted by atomic mass is 10.0. The van der Waals surface area contributed by atoms with Gasteiger partial charge >= 0.3 is 0 Å². The Balaban J connectivity index is 2.35. The summed E-state index contributed by atoms with van der Waals surface area (Å²) in [6.45, 7) is 1.05. The molecule has 1 aliphatic heterocycles. The van der Waals surface area contributed by atoms with Gasteiger partial charge in [0.1, 0.15) is 16.0 Å². The molecule has 4 heteroatoms. The molecule has 0 spiro atoms. The van der Waals surface area contributed by atoms with Crippen LogP contribution in [0, 0.1) is 0 Å². The fraction of sp³-hybridized carbons (Fsp3) is 0.455. The lowest BCUT2D eigenvalue weighted by Crippen LogP contribution is -2.12. The van der Waals surface area contributed by atoms with Gasteiger partial charge in [0.05, 0.1) is 7.11 Å². The first kappa shape index (κ1) is 10.8. The van der Waals surface area contributed by atoms with E-state index in [1.54, 1.807) is 13.2 Å². The summed E-state index contributed by atoms with van der Waals surface area (Å²) in [6, 6.07) is 4.10. The maximum atomic E-state index is 9.72. The van der Waals surface area contributed by atoms with Crippen LogP contribution in [0.3, 0.4) is 0 Å². The predicted molar refractivity (Wildman–Crippen MR) is 62.3 cm³/mol. The number of aromatic hydroxyl groups is 1. The Hall–Kier alpha value is -0.740. The van der Waals surface area contributed by atoms with Crippen molar-refractivity contribution in [3.63, 3.8) is 0 Å². The molecular formula is C11H14BrNO2. The minimum Gasteiger partial charge on any atom is -0.507 e. The number of methoxy groups -OCH3 is 1. The Labute approximate surface area is 97.6 Å². The van der Waals surface area contributed by atoms with Gasteiger partial charge in [-0.1, -0.05) is 0 Å². The van der Waals surface area contributed by atoms with Crippen molar-refractivity contribution in [3.05, 3.63) is 22.2 Å². The second-order valence-corrected chi connectivity index (χ2v) is 4.50. The Bertz CT molecular complexity index is 362. The van der Waals surface area contributed by atoms with Gasteiger partial charge in [-0.15, -0.1) is 0 Å².